The van der Waals surface area contributed by atoms with E-state index in [9.17, 15) is 9.90 Å². The van der Waals surface area contributed by atoms with Gasteiger partial charge in [0.25, 0.3) is 0 Å². The van der Waals surface area contributed by atoms with Gasteiger partial charge in [0.2, 0.25) is 5.43 Å². The average molecular weight is 310 g/mol. The molecule has 3 aromatic rings. The summed E-state index contributed by atoms with van der Waals surface area (Å²) >= 11 is 0. The fourth-order valence-corrected chi connectivity index (χ4v) is 2.74. The van der Waals surface area contributed by atoms with Gasteiger partial charge in [-0.1, -0.05) is 6.07 Å². The highest BCUT2D eigenvalue weighted by atomic mass is 16.6. The van der Waals surface area contributed by atoms with Gasteiger partial charge in [-0.25, -0.2) is 0 Å². The van der Waals surface area contributed by atoms with Gasteiger partial charge in [0.1, 0.15) is 30.8 Å². The molecule has 0 unspecified atom stereocenters. The molecular formula is C18H14O5. The molecule has 2 aromatic carbocycles. The Labute approximate surface area is 131 Å². The summed E-state index contributed by atoms with van der Waals surface area (Å²) in [6.07, 6.45) is 1.42. The van der Waals surface area contributed by atoms with Crippen molar-refractivity contribution >= 4 is 11.0 Å². The van der Waals surface area contributed by atoms with Crippen molar-refractivity contribution in [1.82, 2.24) is 0 Å². The normalized spacial score (nSPS) is 13.3. The second kappa shape index (κ2) is 5.05. The summed E-state index contributed by atoms with van der Waals surface area (Å²) in [5.74, 6) is 1.40. The van der Waals surface area contributed by atoms with E-state index in [2.05, 4.69) is 0 Å². The summed E-state index contributed by atoms with van der Waals surface area (Å²) in [7, 11) is 0. The highest BCUT2D eigenvalue weighted by Crippen LogP contribution is 2.34. The summed E-state index contributed by atoms with van der Waals surface area (Å²) in [6.45, 7) is 2.72. The second-order valence-corrected chi connectivity index (χ2v) is 5.42. The van der Waals surface area contributed by atoms with Crippen LogP contribution in [0.3, 0.4) is 0 Å². The number of phenolic OH excluding ortho intramolecular Hbond substituents is 1. The zero-order chi connectivity index (χ0) is 16.0. The van der Waals surface area contributed by atoms with Crippen LogP contribution in [0.15, 0.2) is 45.8 Å². The molecule has 116 valence electrons. The molecule has 0 spiro atoms. The van der Waals surface area contributed by atoms with E-state index >= 15 is 0 Å². The molecule has 0 saturated carbocycles. The third kappa shape index (κ3) is 2.12. The van der Waals surface area contributed by atoms with Crippen molar-refractivity contribution in [3.05, 3.63) is 52.4 Å². The smallest absolute Gasteiger partial charge is 0.200 e. The van der Waals surface area contributed by atoms with Gasteiger partial charge in [-0.15, -0.1) is 0 Å². The lowest BCUT2D eigenvalue weighted by atomic mass is 10.0. The van der Waals surface area contributed by atoms with E-state index in [1.807, 2.05) is 0 Å². The van der Waals surface area contributed by atoms with Gasteiger partial charge in [0, 0.05) is 5.56 Å². The van der Waals surface area contributed by atoms with Crippen LogP contribution in [0.1, 0.15) is 5.56 Å². The minimum atomic E-state index is -0.147. The molecule has 1 aromatic heterocycles. The lowest BCUT2D eigenvalue weighted by Crippen LogP contribution is -2.15. The molecule has 1 aliphatic rings. The summed E-state index contributed by atoms with van der Waals surface area (Å²) in [5, 5.41) is 10.2. The largest absolute Gasteiger partial charge is 0.508 e. The molecule has 5 nitrogen and oxygen atoms in total. The number of phenols is 1. The third-order valence-corrected chi connectivity index (χ3v) is 4.01. The first-order valence-corrected chi connectivity index (χ1v) is 7.29. The van der Waals surface area contributed by atoms with Crippen molar-refractivity contribution in [3.8, 4) is 28.4 Å². The molecule has 0 amide bonds. The highest BCUT2D eigenvalue weighted by molar-refractivity contribution is 5.85. The van der Waals surface area contributed by atoms with Gasteiger partial charge in [0.05, 0.1) is 10.9 Å². The second-order valence-electron chi connectivity index (χ2n) is 5.42. The topological polar surface area (TPSA) is 68.9 Å². The molecule has 0 aliphatic carbocycles. The van der Waals surface area contributed by atoms with E-state index in [4.69, 9.17) is 13.9 Å². The van der Waals surface area contributed by atoms with Gasteiger partial charge < -0.3 is 19.0 Å². The van der Waals surface area contributed by atoms with E-state index in [0.717, 1.165) is 0 Å². The zero-order valence-electron chi connectivity index (χ0n) is 12.5. The molecule has 2 heterocycles. The quantitative estimate of drug-likeness (QED) is 0.747. The standard InChI is InChI=1S/C18H14O5/c1-10-14(19)4-3-12-17(20)13(9-23-18(10)12)11-2-5-15-16(8-11)22-7-6-21-15/h2-5,8-9,19H,6-7H2,1H3. The number of rotatable bonds is 1. The van der Waals surface area contributed by atoms with Gasteiger partial charge in [-0.2, -0.15) is 0 Å². The maximum atomic E-state index is 12.7. The Balaban J connectivity index is 1.91. The fraction of sp³-hybridized carbons (Fsp3) is 0.167. The van der Waals surface area contributed by atoms with Crippen molar-refractivity contribution in [2.24, 2.45) is 0 Å². The van der Waals surface area contributed by atoms with E-state index in [1.54, 1.807) is 31.2 Å². The number of hydrogen-bond donors (Lipinski definition) is 1. The Hall–Kier alpha value is -2.95. The molecular weight excluding hydrogens is 296 g/mol. The minimum absolute atomic E-state index is 0.104. The van der Waals surface area contributed by atoms with E-state index < -0.39 is 0 Å². The molecule has 1 aliphatic heterocycles. The maximum absolute atomic E-state index is 12.7. The number of aromatic hydroxyl groups is 1. The molecule has 0 radical (unpaired) electrons. The van der Waals surface area contributed by atoms with Crippen LogP contribution in [0.25, 0.3) is 22.1 Å². The Bertz CT molecular complexity index is 971. The minimum Gasteiger partial charge on any atom is -0.508 e. The zero-order valence-corrected chi connectivity index (χ0v) is 12.5. The summed E-state index contributed by atoms with van der Waals surface area (Å²) < 4.78 is 16.6. The number of ether oxygens (including phenoxy) is 2. The van der Waals surface area contributed by atoms with Crippen LogP contribution in [0.5, 0.6) is 17.2 Å². The Kier molecular flexibility index (Phi) is 3.01. The maximum Gasteiger partial charge on any atom is 0.200 e. The lowest BCUT2D eigenvalue weighted by molar-refractivity contribution is 0.171. The van der Waals surface area contributed by atoms with Crippen LogP contribution in [0, 0.1) is 6.92 Å². The SMILES string of the molecule is Cc1c(O)ccc2c(=O)c(-c3ccc4c(c3)OCCO4)coc12. The number of aryl methyl sites for hydroxylation is 1. The van der Waals surface area contributed by atoms with Crippen molar-refractivity contribution in [2.45, 2.75) is 6.92 Å². The molecule has 4 rings (SSSR count). The van der Waals surface area contributed by atoms with Crippen LogP contribution >= 0.6 is 0 Å². The molecule has 0 saturated heterocycles. The predicted octanol–water partition coefficient (Wildman–Crippen LogP) is 3.25. The Morgan fingerprint density at radius 1 is 1.04 bits per heavy atom. The first kappa shape index (κ1) is 13.7. The monoisotopic (exact) mass is 310 g/mol. The van der Waals surface area contributed by atoms with Gasteiger partial charge in [-0.05, 0) is 36.8 Å². The van der Waals surface area contributed by atoms with Gasteiger partial charge >= 0.3 is 0 Å². The van der Waals surface area contributed by atoms with Crippen LogP contribution in [-0.4, -0.2) is 18.3 Å². The van der Waals surface area contributed by atoms with Crippen LogP contribution < -0.4 is 14.9 Å². The number of hydrogen-bond acceptors (Lipinski definition) is 5. The number of fused-ring (bicyclic) bond motifs is 2. The van der Waals surface area contributed by atoms with Crippen LogP contribution in [0.2, 0.25) is 0 Å². The van der Waals surface area contributed by atoms with E-state index in [0.29, 0.717) is 52.4 Å². The fourth-order valence-electron chi connectivity index (χ4n) is 2.74. The first-order chi connectivity index (χ1) is 11.1. The van der Waals surface area contributed by atoms with Crippen molar-refractivity contribution in [3.63, 3.8) is 0 Å². The van der Waals surface area contributed by atoms with Crippen molar-refractivity contribution in [2.75, 3.05) is 13.2 Å². The summed E-state index contributed by atoms with van der Waals surface area (Å²) in [5.41, 5.74) is 1.95. The molecule has 23 heavy (non-hydrogen) atoms. The molecule has 0 atom stereocenters. The van der Waals surface area contributed by atoms with Gasteiger partial charge in [-0.3, -0.25) is 4.79 Å². The first-order valence-electron chi connectivity index (χ1n) is 7.29. The molecule has 0 bridgehead atoms. The predicted molar refractivity (Wildman–Crippen MR) is 85.3 cm³/mol. The van der Waals surface area contributed by atoms with Crippen molar-refractivity contribution < 1.29 is 19.0 Å². The average Bonchev–Trinajstić information content (AvgIpc) is 2.58. The molecule has 0 fully saturated rings. The third-order valence-electron chi connectivity index (χ3n) is 4.01. The van der Waals surface area contributed by atoms with Crippen LogP contribution in [-0.2, 0) is 0 Å². The summed E-state index contributed by atoms with van der Waals surface area (Å²) in [4.78, 5) is 12.7. The van der Waals surface area contributed by atoms with Gasteiger partial charge in [0.15, 0.2) is 11.5 Å². The molecule has 5 heteroatoms. The van der Waals surface area contributed by atoms with Crippen LogP contribution in [0.4, 0.5) is 0 Å². The number of benzene rings is 2. The lowest BCUT2D eigenvalue weighted by Gasteiger charge is -2.18. The van der Waals surface area contributed by atoms with Crippen molar-refractivity contribution in [1.29, 1.82) is 0 Å². The highest BCUT2D eigenvalue weighted by Gasteiger charge is 2.16. The molecule has 1 N–H and O–H groups in total. The Morgan fingerprint density at radius 3 is 2.65 bits per heavy atom. The summed E-state index contributed by atoms with van der Waals surface area (Å²) in [6, 6.07) is 8.45. The van der Waals surface area contributed by atoms with E-state index in [1.165, 1.54) is 12.3 Å². The van der Waals surface area contributed by atoms with E-state index in [-0.39, 0.29) is 11.2 Å². The Morgan fingerprint density at radius 2 is 1.83 bits per heavy atom.